The number of ether oxygens (including phenoxy) is 1. The molecule has 0 aliphatic heterocycles. The minimum atomic E-state index is -4.79. The highest BCUT2D eigenvalue weighted by Gasteiger charge is 2.31. The SMILES string of the molecule is CCn1c(-c2ccc(N(C)S(=O)(=O)CC)cc2)c(N)c2ccc(OC(F)(F)F)cc21. The summed E-state index contributed by atoms with van der Waals surface area (Å²) in [6.45, 7) is 3.89. The van der Waals surface area contributed by atoms with E-state index < -0.39 is 16.4 Å². The predicted octanol–water partition coefficient (Wildman–Crippen LogP) is 4.59. The average Bonchev–Trinajstić information content (AvgIpc) is 2.97. The minimum absolute atomic E-state index is 0.0232. The Hall–Kier alpha value is -2.88. The maximum Gasteiger partial charge on any atom is 0.573 e. The van der Waals surface area contributed by atoms with Gasteiger partial charge in [-0.1, -0.05) is 12.1 Å². The topological polar surface area (TPSA) is 77.6 Å². The monoisotopic (exact) mass is 441 g/mol. The van der Waals surface area contributed by atoms with Crippen molar-refractivity contribution in [1.82, 2.24) is 4.57 Å². The van der Waals surface area contributed by atoms with Crippen molar-refractivity contribution in [2.24, 2.45) is 0 Å². The van der Waals surface area contributed by atoms with Crippen LogP contribution in [0.3, 0.4) is 0 Å². The van der Waals surface area contributed by atoms with E-state index in [0.29, 0.717) is 34.5 Å². The number of fused-ring (bicyclic) bond motifs is 1. The van der Waals surface area contributed by atoms with Gasteiger partial charge >= 0.3 is 6.36 Å². The van der Waals surface area contributed by atoms with Gasteiger partial charge in [0, 0.05) is 30.6 Å². The fraction of sp³-hybridized carbons (Fsp3) is 0.300. The Labute approximate surface area is 172 Å². The van der Waals surface area contributed by atoms with Crippen molar-refractivity contribution in [2.75, 3.05) is 22.8 Å². The number of alkyl halides is 3. The summed E-state index contributed by atoms with van der Waals surface area (Å²) in [6.07, 6.45) is -4.79. The van der Waals surface area contributed by atoms with Crippen molar-refractivity contribution in [3.63, 3.8) is 0 Å². The maximum absolute atomic E-state index is 12.6. The van der Waals surface area contributed by atoms with E-state index in [1.165, 1.54) is 29.6 Å². The summed E-state index contributed by atoms with van der Waals surface area (Å²) in [4.78, 5) is 0. The molecule has 30 heavy (non-hydrogen) atoms. The molecule has 6 nitrogen and oxygen atoms in total. The molecule has 0 spiro atoms. The number of hydrogen-bond donors (Lipinski definition) is 1. The molecule has 0 aliphatic carbocycles. The first-order valence-electron chi connectivity index (χ1n) is 9.23. The van der Waals surface area contributed by atoms with Gasteiger partial charge in [0.2, 0.25) is 10.0 Å². The summed E-state index contributed by atoms with van der Waals surface area (Å²) in [5, 5.41) is 0.608. The first-order chi connectivity index (χ1) is 14.0. The summed E-state index contributed by atoms with van der Waals surface area (Å²) in [5.74, 6) is -0.347. The van der Waals surface area contributed by atoms with Crippen LogP contribution < -0.4 is 14.8 Å². The Kier molecular flexibility index (Phi) is 5.64. The standard InChI is InChI=1S/C20H22F3N3O3S/c1-4-26-17-12-15(29-20(21,22)23)10-11-16(17)18(24)19(26)13-6-8-14(9-7-13)25(3)30(27,28)5-2/h6-12H,4-5,24H2,1-3H3. The molecule has 2 aromatic carbocycles. The van der Waals surface area contributed by atoms with Gasteiger partial charge in [0.15, 0.2) is 0 Å². The minimum Gasteiger partial charge on any atom is -0.406 e. The highest BCUT2D eigenvalue weighted by Crippen LogP contribution is 2.39. The molecule has 0 saturated heterocycles. The molecule has 10 heteroatoms. The maximum atomic E-state index is 12.6. The molecular formula is C20H22F3N3O3S. The molecule has 0 amide bonds. The van der Waals surface area contributed by atoms with Crippen molar-refractivity contribution < 1.29 is 26.3 Å². The summed E-state index contributed by atoms with van der Waals surface area (Å²) >= 11 is 0. The van der Waals surface area contributed by atoms with Gasteiger partial charge in [0.1, 0.15) is 5.75 Å². The number of sulfonamides is 1. The van der Waals surface area contributed by atoms with Gasteiger partial charge in [0.25, 0.3) is 0 Å². The van der Waals surface area contributed by atoms with Crippen molar-refractivity contribution in [1.29, 1.82) is 0 Å². The van der Waals surface area contributed by atoms with E-state index in [1.807, 2.05) is 6.92 Å². The van der Waals surface area contributed by atoms with E-state index in [1.54, 1.807) is 35.8 Å². The third-order valence-electron chi connectivity index (χ3n) is 4.91. The Morgan fingerprint density at radius 2 is 1.73 bits per heavy atom. The molecule has 1 aromatic heterocycles. The number of halogens is 3. The van der Waals surface area contributed by atoms with Gasteiger partial charge in [-0.05, 0) is 38.1 Å². The molecule has 0 unspecified atom stereocenters. The highest BCUT2D eigenvalue weighted by molar-refractivity contribution is 7.92. The third kappa shape index (κ3) is 4.04. The molecule has 2 N–H and O–H groups in total. The van der Waals surface area contributed by atoms with E-state index >= 15 is 0 Å². The van der Waals surface area contributed by atoms with E-state index in [0.717, 1.165) is 5.56 Å². The zero-order valence-corrected chi connectivity index (χ0v) is 17.5. The second-order valence-corrected chi connectivity index (χ2v) is 8.94. The number of benzene rings is 2. The second-order valence-electron chi connectivity index (χ2n) is 6.65. The smallest absolute Gasteiger partial charge is 0.406 e. The quantitative estimate of drug-likeness (QED) is 0.607. The molecule has 0 saturated carbocycles. The lowest BCUT2D eigenvalue weighted by molar-refractivity contribution is -0.274. The molecule has 1 heterocycles. The summed E-state index contributed by atoms with van der Waals surface area (Å²) in [5.41, 5.74) is 9.12. The number of aromatic nitrogens is 1. The third-order valence-corrected chi connectivity index (χ3v) is 6.69. The Bertz CT molecular complexity index is 1170. The second kappa shape index (κ2) is 7.75. The van der Waals surface area contributed by atoms with Gasteiger partial charge < -0.3 is 15.0 Å². The Morgan fingerprint density at radius 3 is 2.27 bits per heavy atom. The number of nitrogens with two attached hydrogens (primary N) is 1. The van der Waals surface area contributed by atoms with Gasteiger partial charge in [-0.15, -0.1) is 13.2 Å². The fourth-order valence-electron chi connectivity index (χ4n) is 3.38. The van der Waals surface area contributed by atoms with Crippen LogP contribution in [0.2, 0.25) is 0 Å². The lowest BCUT2D eigenvalue weighted by atomic mass is 10.1. The number of rotatable bonds is 6. The molecule has 0 radical (unpaired) electrons. The number of anilines is 2. The van der Waals surface area contributed by atoms with E-state index in [-0.39, 0.29) is 11.5 Å². The molecule has 0 aliphatic rings. The average molecular weight is 441 g/mol. The van der Waals surface area contributed by atoms with Gasteiger partial charge in [0.05, 0.1) is 28.3 Å². The van der Waals surface area contributed by atoms with Crippen molar-refractivity contribution >= 4 is 32.3 Å². The van der Waals surface area contributed by atoms with Crippen molar-refractivity contribution in [3.05, 3.63) is 42.5 Å². The molecule has 0 atom stereocenters. The van der Waals surface area contributed by atoms with Crippen LogP contribution >= 0.6 is 0 Å². The molecule has 162 valence electrons. The molecule has 3 rings (SSSR count). The number of nitrogens with zero attached hydrogens (tertiary/aromatic N) is 2. The normalized spacial score (nSPS) is 12.3. The lowest BCUT2D eigenvalue weighted by Crippen LogP contribution is -2.27. The van der Waals surface area contributed by atoms with Crippen LogP contribution in [-0.4, -0.2) is 32.1 Å². The van der Waals surface area contributed by atoms with Crippen LogP contribution in [0.5, 0.6) is 5.75 Å². The molecule has 0 bridgehead atoms. The highest BCUT2D eigenvalue weighted by atomic mass is 32.2. The molecule has 0 fully saturated rings. The van der Waals surface area contributed by atoms with Crippen LogP contribution in [0.1, 0.15) is 13.8 Å². The number of nitrogen functional groups attached to an aromatic ring is 1. The van der Waals surface area contributed by atoms with Crippen LogP contribution in [-0.2, 0) is 16.6 Å². The van der Waals surface area contributed by atoms with Crippen molar-refractivity contribution in [2.45, 2.75) is 26.8 Å². The Morgan fingerprint density at radius 1 is 1.10 bits per heavy atom. The number of aryl methyl sites for hydroxylation is 1. The van der Waals surface area contributed by atoms with E-state index in [9.17, 15) is 21.6 Å². The van der Waals surface area contributed by atoms with Crippen LogP contribution in [0, 0.1) is 0 Å². The largest absolute Gasteiger partial charge is 0.573 e. The van der Waals surface area contributed by atoms with Gasteiger partial charge in [-0.2, -0.15) is 0 Å². The van der Waals surface area contributed by atoms with Crippen LogP contribution in [0.4, 0.5) is 24.5 Å². The fourth-order valence-corrected chi connectivity index (χ4v) is 4.21. The number of hydrogen-bond acceptors (Lipinski definition) is 4. The zero-order chi connectivity index (χ0) is 22.3. The lowest BCUT2D eigenvalue weighted by Gasteiger charge is -2.19. The first kappa shape index (κ1) is 21.8. The van der Waals surface area contributed by atoms with Crippen LogP contribution in [0.15, 0.2) is 42.5 Å². The Balaban J connectivity index is 2.08. The molecule has 3 aromatic rings. The summed E-state index contributed by atoms with van der Waals surface area (Å²) in [7, 11) is -1.91. The van der Waals surface area contributed by atoms with E-state index in [4.69, 9.17) is 5.73 Å². The van der Waals surface area contributed by atoms with E-state index in [2.05, 4.69) is 4.74 Å². The van der Waals surface area contributed by atoms with Crippen molar-refractivity contribution in [3.8, 4) is 17.0 Å². The van der Waals surface area contributed by atoms with Gasteiger partial charge in [-0.25, -0.2) is 8.42 Å². The summed E-state index contributed by atoms with van der Waals surface area (Å²) < 4.78 is 68.9. The van der Waals surface area contributed by atoms with Crippen LogP contribution in [0.25, 0.3) is 22.2 Å². The van der Waals surface area contributed by atoms with Gasteiger partial charge in [-0.3, -0.25) is 4.31 Å². The summed E-state index contributed by atoms with van der Waals surface area (Å²) in [6, 6.07) is 10.8. The molecular weight excluding hydrogens is 419 g/mol. The predicted molar refractivity (Wildman–Crippen MR) is 112 cm³/mol. The zero-order valence-electron chi connectivity index (χ0n) is 16.7. The first-order valence-corrected chi connectivity index (χ1v) is 10.8.